The third kappa shape index (κ3) is 3.98. The van der Waals surface area contributed by atoms with Crippen molar-refractivity contribution >= 4 is 43.5 Å². The number of nitrogens with one attached hydrogen (secondary N) is 1. The van der Waals surface area contributed by atoms with Crippen molar-refractivity contribution in [2.45, 2.75) is 13.5 Å². The highest BCUT2D eigenvalue weighted by atomic mass is 79.9. The lowest BCUT2D eigenvalue weighted by Crippen LogP contribution is -2.12. The first-order valence-corrected chi connectivity index (χ1v) is 8.19. The van der Waals surface area contributed by atoms with E-state index < -0.39 is 0 Å². The number of ether oxygens (including phenoxy) is 1. The van der Waals surface area contributed by atoms with Crippen LogP contribution in [0, 0.1) is 0 Å². The van der Waals surface area contributed by atoms with Gasteiger partial charge in [0, 0.05) is 16.6 Å². The van der Waals surface area contributed by atoms with Gasteiger partial charge in [-0.25, -0.2) is 0 Å². The second kappa shape index (κ2) is 7.46. The zero-order valence-electron chi connectivity index (χ0n) is 10.9. The zero-order valence-corrected chi connectivity index (χ0v) is 14.8. The molecule has 5 heteroatoms. The van der Waals surface area contributed by atoms with Gasteiger partial charge < -0.3 is 10.1 Å². The molecule has 0 spiro atoms. The first kappa shape index (κ1) is 15.8. The van der Waals surface area contributed by atoms with Gasteiger partial charge in [0.25, 0.3) is 0 Å². The highest BCUT2D eigenvalue weighted by molar-refractivity contribution is 9.11. The highest BCUT2D eigenvalue weighted by Crippen LogP contribution is 2.37. The first-order chi connectivity index (χ1) is 9.61. The standard InChI is InChI=1S/C15H14Br2ClNO/c1-2-19-9-10-4-3-5-13(18)15(10)20-14-7-6-11(16)8-12(14)17/h3-8,19H,2,9H2,1H3. The maximum absolute atomic E-state index is 6.26. The minimum atomic E-state index is 0.607. The Morgan fingerprint density at radius 2 is 2.00 bits per heavy atom. The van der Waals surface area contributed by atoms with Crippen LogP contribution in [0.5, 0.6) is 11.5 Å². The Kier molecular flexibility index (Phi) is 5.90. The van der Waals surface area contributed by atoms with E-state index in [4.69, 9.17) is 16.3 Å². The molecule has 0 aliphatic heterocycles. The lowest BCUT2D eigenvalue weighted by Gasteiger charge is -2.14. The number of hydrogen-bond acceptors (Lipinski definition) is 2. The quantitative estimate of drug-likeness (QED) is 0.665. The molecule has 0 saturated carbocycles. The lowest BCUT2D eigenvalue weighted by molar-refractivity contribution is 0.470. The monoisotopic (exact) mass is 417 g/mol. The molecule has 0 aromatic heterocycles. The van der Waals surface area contributed by atoms with Crippen molar-refractivity contribution in [3.8, 4) is 11.5 Å². The Bertz CT molecular complexity index is 604. The fraction of sp³-hybridized carbons (Fsp3) is 0.200. The summed E-state index contributed by atoms with van der Waals surface area (Å²) >= 11 is 13.2. The molecule has 0 fully saturated rings. The Morgan fingerprint density at radius 3 is 2.70 bits per heavy atom. The maximum Gasteiger partial charge on any atom is 0.150 e. The van der Waals surface area contributed by atoms with Gasteiger partial charge in [0.05, 0.1) is 9.50 Å². The third-order valence-electron chi connectivity index (χ3n) is 2.72. The van der Waals surface area contributed by atoms with Crippen LogP contribution in [-0.2, 0) is 6.54 Å². The van der Waals surface area contributed by atoms with E-state index in [2.05, 4.69) is 44.1 Å². The number of halogens is 3. The summed E-state index contributed by atoms with van der Waals surface area (Å²) < 4.78 is 7.85. The molecule has 0 aliphatic rings. The molecule has 2 aromatic carbocycles. The Balaban J connectivity index is 2.32. The smallest absolute Gasteiger partial charge is 0.150 e. The van der Waals surface area contributed by atoms with Gasteiger partial charge >= 0.3 is 0 Å². The van der Waals surface area contributed by atoms with Gasteiger partial charge in [-0.05, 0) is 46.7 Å². The molecular weight excluding hydrogens is 405 g/mol. The predicted molar refractivity (Wildman–Crippen MR) is 90.7 cm³/mol. The van der Waals surface area contributed by atoms with E-state index in [0.717, 1.165) is 33.3 Å². The van der Waals surface area contributed by atoms with E-state index in [1.54, 1.807) is 0 Å². The summed E-state index contributed by atoms with van der Waals surface area (Å²) in [6.45, 7) is 3.69. The number of rotatable bonds is 5. The molecule has 20 heavy (non-hydrogen) atoms. The van der Waals surface area contributed by atoms with E-state index in [9.17, 15) is 0 Å². The Hall–Kier alpha value is -0.550. The molecule has 0 heterocycles. The minimum Gasteiger partial charge on any atom is -0.454 e. The van der Waals surface area contributed by atoms with Gasteiger partial charge in [0.2, 0.25) is 0 Å². The zero-order chi connectivity index (χ0) is 14.5. The molecular formula is C15H14Br2ClNO. The van der Waals surface area contributed by atoms with Crippen LogP contribution in [-0.4, -0.2) is 6.54 Å². The number of hydrogen-bond donors (Lipinski definition) is 1. The summed E-state index contributed by atoms with van der Waals surface area (Å²) in [6.07, 6.45) is 0. The molecule has 0 unspecified atom stereocenters. The van der Waals surface area contributed by atoms with Crippen molar-refractivity contribution < 1.29 is 4.74 Å². The van der Waals surface area contributed by atoms with Crippen LogP contribution in [0.15, 0.2) is 45.3 Å². The molecule has 2 aromatic rings. The van der Waals surface area contributed by atoms with Gasteiger partial charge in [-0.2, -0.15) is 0 Å². The lowest BCUT2D eigenvalue weighted by atomic mass is 10.2. The van der Waals surface area contributed by atoms with Gasteiger partial charge in [0.15, 0.2) is 5.75 Å². The third-order valence-corrected chi connectivity index (χ3v) is 4.13. The predicted octanol–water partition coefficient (Wildman–Crippen LogP) is 5.77. The van der Waals surface area contributed by atoms with Crippen LogP contribution in [0.1, 0.15) is 12.5 Å². The summed E-state index contributed by atoms with van der Waals surface area (Å²) in [5.41, 5.74) is 1.04. The molecule has 0 amide bonds. The summed E-state index contributed by atoms with van der Waals surface area (Å²) in [5.74, 6) is 1.43. The SMILES string of the molecule is CCNCc1cccc(Cl)c1Oc1ccc(Br)cc1Br. The summed E-state index contributed by atoms with van der Waals surface area (Å²) in [7, 11) is 0. The topological polar surface area (TPSA) is 21.3 Å². The van der Waals surface area contributed by atoms with Gasteiger partial charge in [-0.3, -0.25) is 0 Å². The van der Waals surface area contributed by atoms with Crippen LogP contribution in [0.25, 0.3) is 0 Å². The maximum atomic E-state index is 6.26. The van der Waals surface area contributed by atoms with Gasteiger partial charge in [0.1, 0.15) is 5.75 Å². The fourth-order valence-electron chi connectivity index (χ4n) is 1.73. The average Bonchev–Trinajstić information content (AvgIpc) is 2.42. The minimum absolute atomic E-state index is 0.607. The molecule has 2 rings (SSSR count). The first-order valence-electron chi connectivity index (χ1n) is 6.23. The second-order valence-corrected chi connectivity index (χ2v) is 6.36. The second-order valence-electron chi connectivity index (χ2n) is 4.19. The van der Waals surface area contributed by atoms with Crippen molar-refractivity contribution in [2.24, 2.45) is 0 Å². The van der Waals surface area contributed by atoms with Crippen molar-refractivity contribution in [3.63, 3.8) is 0 Å². The molecule has 0 radical (unpaired) electrons. The molecule has 0 saturated heterocycles. The Labute approximate surface area is 140 Å². The molecule has 106 valence electrons. The molecule has 0 bridgehead atoms. The van der Waals surface area contributed by atoms with Crippen LogP contribution in [0.3, 0.4) is 0 Å². The largest absolute Gasteiger partial charge is 0.454 e. The Morgan fingerprint density at radius 1 is 1.20 bits per heavy atom. The van der Waals surface area contributed by atoms with E-state index >= 15 is 0 Å². The average molecular weight is 420 g/mol. The summed E-state index contributed by atoms with van der Waals surface area (Å²) in [4.78, 5) is 0. The van der Waals surface area contributed by atoms with Gasteiger partial charge in [-0.1, -0.05) is 46.6 Å². The number of para-hydroxylation sites is 1. The van der Waals surface area contributed by atoms with Crippen LogP contribution < -0.4 is 10.1 Å². The molecule has 0 atom stereocenters. The summed E-state index contributed by atoms with van der Waals surface area (Å²) in [6, 6.07) is 11.5. The van der Waals surface area contributed by atoms with Gasteiger partial charge in [-0.15, -0.1) is 0 Å². The van der Waals surface area contributed by atoms with Crippen molar-refractivity contribution in [3.05, 3.63) is 55.9 Å². The van der Waals surface area contributed by atoms with E-state index in [1.807, 2.05) is 36.4 Å². The molecule has 1 N–H and O–H groups in total. The fourth-order valence-corrected chi connectivity index (χ4v) is 3.10. The van der Waals surface area contributed by atoms with Crippen molar-refractivity contribution in [1.82, 2.24) is 5.32 Å². The van der Waals surface area contributed by atoms with Crippen LogP contribution in [0.2, 0.25) is 5.02 Å². The number of benzene rings is 2. The summed E-state index contributed by atoms with van der Waals surface area (Å²) in [5, 5.41) is 3.89. The normalized spacial score (nSPS) is 10.6. The van der Waals surface area contributed by atoms with Crippen molar-refractivity contribution in [2.75, 3.05) is 6.54 Å². The van der Waals surface area contributed by atoms with E-state index in [-0.39, 0.29) is 0 Å². The highest BCUT2D eigenvalue weighted by Gasteiger charge is 2.11. The van der Waals surface area contributed by atoms with Crippen LogP contribution in [0.4, 0.5) is 0 Å². The van der Waals surface area contributed by atoms with Crippen LogP contribution >= 0.6 is 43.5 Å². The molecule has 0 aliphatic carbocycles. The van der Waals surface area contributed by atoms with E-state index in [0.29, 0.717) is 10.8 Å². The van der Waals surface area contributed by atoms with Crippen molar-refractivity contribution in [1.29, 1.82) is 0 Å². The van der Waals surface area contributed by atoms with E-state index in [1.165, 1.54) is 0 Å². The molecule has 2 nitrogen and oxygen atoms in total.